The molecule has 1 aliphatic carbocycles. The monoisotopic (exact) mass is 240 g/mol. The average molecular weight is 240 g/mol. The zero-order chi connectivity index (χ0) is 12.7. The minimum Gasteiger partial charge on any atom is -0.356 e. The Morgan fingerprint density at radius 2 is 2.00 bits per heavy atom. The van der Waals surface area contributed by atoms with Crippen LogP contribution in [0.1, 0.15) is 52.4 Å². The van der Waals surface area contributed by atoms with Crippen LogP contribution in [-0.4, -0.2) is 19.0 Å². The number of carbonyl (C=O) groups is 1. The third-order valence-corrected chi connectivity index (χ3v) is 3.99. The van der Waals surface area contributed by atoms with E-state index >= 15 is 0 Å². The van der Waals surface area contributed by atoms with Gasteiger partial charge in [0.2, 0.25) is 5.91 Å². The summed E-state index contributed by atoms with van der Waals surface area (Å²) in [4.78, 5) is 11.6. The van der Waals surface area contributed by atoms with E-state index < -0.39 is 0 Å². The molecule has 0 radical (unpaired) electrons. The topological polar surface area (TPSA) is 55.1 Å². The van der Waals surface area contributed by atoms with Crippen molar-refractivity contribution >= 4 is 5.91 Å². The zero-order valence-electron chi connectivity index (χ0n) is 11.4. The van der Waals surface area contributed by atoms with E-state index in [1.54, 1.807) is 0 Å². The van der Waals surface area contributed by atoms with Crippen molar-refractivity contribution in [3.05, 3.63) is 0 Å². The van der Waals surface area contributed by atoms with E-state index in [-0.39, 0.29) is 5.91 Å². The number of hydrogen-bond donors (Lipinski definition) is 2. The van der Waals surface area contributed by atoms with Gasteiger partial charge in [0.15, 0.2) is 0 Å². The van der Waals surface area contributed by atoms with Gasteiger partial charge in [-0.3, -0.25) is 4.79 Å². The highest BCUT2D eigenvalue weighted by Gasteiger charge is 2.18. The van der Waals surface area contributed by atoms with Crippen LogP contribution in [0, 0.1) is 17.8 Å². The van der Waals surface area contributed by atoms with Gasteiger partial charge in [-0.1, -0.05) is 26.7 Å². The summed E-state index contributed by atoms with van der Waals surface area (Å²) in [7, 11) is 0. The van der Waals surface area contributed by atoms with Gasteiger partial charge in [0.05, 0.1) is 0 Å². The molecule has 100 valence electrons. The Morgan fingerprint density at radius 1 is 1.35 bits per heavy atom. The van der Waals surface area contributed by atoms with E-state index in [2.05, 4.69) is 19.2 Å². The molecule has 1 rings (SSSR count). The quantitative estimate of drug-likeness (QED) is 0.748. The van der Waals surface area contributed by atoms with E-state index in [1.807, 2.05) is 0 Å². The Labute approximate surface area is 106 Å². The summed E-state index contributed by atoms with van der Waals surface area (Å²) in [5, 5.41) is 3.07. The minimum absolute atomic E-state index is 0.198. The van der Waals surface area contributed by atoms with Crippen molar-refractivity contribution in [2.45, 2.75) is 52.4 Å². The van der Waals surface area contributed by atoms with Gasteiger partial charge in [-0.2, -0.15) is 0 Å². The Hall–Kier alpha value is -0.570. The van der Waals surface area contributed by atoms with E-state index in [4.69, 9.17) is 5.73 Å². The van der Waals surface area contributed by atoms with Crippen molar-refractivity contribution in [3.8, 4) is 0 Å². The van der Waals surface area contributed by atoms with Gasteiger partial charge < -0.3 is 11.1 Å². The van der Waals surface area contributed by atoms with Crippen molar-refractivity contribution < 1.29 is 4.79 Å². The van der Waals surface area contributed by atoms with E-state index in [1.165, 1.54) is 25.7 Å². The van der Waals surface area contributed by atoms with Gasteiger partial charge >= 0.3 is 0 Å². The molecule has 3 nitrogen and oxygen atoms in total. The molecule has 0 aromatic rings. The third-order valence-electron chi connectivity index (χ3n) is 3.99. The summed E-state index contributed by atoms with van der Waals surface area (Å²) in [5.41, 5.74) is 5.53. The molecule has 1 saturated carbocycles. The van der Waals surface area contributed by atoms with Crippen LogP contribution in [0.4, 0.5) is 0 Å². The number of nitrogens with two attached hydrogens (primary N) is 1. The SMILES string of the molecule is CC(CN)CCC(=O)NCC1CCC(C)CC1. The lowest BCUT2D eigenvalue weighted by molar-refractivity contribution is -0.121. The van der Waals surface area contributed by atoms with Gasteiger partial charge in [0.25, 0.3) is 0 Å². The molecule has 3 N–H and O–H groups in total. The lowest BCUT2D eigenvalue weighted by atomic mass is 9.83. The Morgan fingerprint density at radius 3 is 2.59 bits per heavy atom. The highest BCUT2D eigenvalue weighted by molar-refractivity contribution is 5.75. The molecule has 0 bridgehead atoms. The van der Waals surface area contributed by atoms with Gasteiger partial charge in [-0.05, 0) is 43.6 Å². The van der Waals surface area contributed by atoms with Crippen molar-refractivity contribution in [2.75, 3.05) is 13.1 Å². The Balaban J connectivity index is 2.07. The average Bonchev–Trinajstić information content (AvgIpc) is 2.35. The van der Waals surface area contributed by atoms with Gasteiger partial charge in [-0.25, -0.2) is 0 Å². The van der Waals surface area contributed by atoms with E-state index in [0.29, 0.717) is 24.8 Å². The van der Waals surface area contributed by atoms with Crippen molar-refractivity contribution in [1.29, 1.82) is 0 Å². The van der Waals surface area contributed by atoms with Crippen LogP contribution < -0.4 is 11.1 Å². The standard InChI is InChI=1S/C14H28N2O/c1-11-3-6-13(7-4-11)10-16-14(17)8-5-12(2)9-15/h11-13H,3-10,15H2,1-2H3,(H,16,17). The molecule has 17 heavy (non-hydrogen) atoms. The second-order valence-corrected chi connectivity index (χ2v) is 5.81. The second-order valence-electron chi connectivity index (χ2n) is 5.81. The van der Waals surface area contributed by atoms with Crippen molar-refractivity contribution in [3.63, 3.8) is 0 Å². The van der Waals surface area contributed by atoms with Crippen LogP contribution in [0.15, 0.2) is 0 Å². The molecular weight excluding hydrogens is 212 g/mol. The molecule has 0 heterocycles. The lowest BCUT2D eigenvalue weighted by Crippen LogP contribution is -2.31. The van der Waals surface area contributed by atoms with Gasteiger partial charge in [0, 0.05) is 13.0 Å². The highest BCUT2D eigenvalue weighted by Crippen LogP contribution is 2.27. The second kappa shape index (κ2) is 7.70. The molecular formula is C14H28N2O. The smallest absolute Gasteiger partial charge is 0.220 e. The summed E-state index contributed by atoms with van der Waals surface area (Å²) >= 11 is 0. The highest BCUT2D eigenvalue weighted by atomic mass is 16.1. The molecule has 0 aromatic heterocycles. The summed E-state index contributed by atoms with van der Waals surface area (Å²) in [6.45, 7) is 5.97. The first-order valence-corrected chi connectivity index (χ1v) is 7.08. The normalized spacial score (nSPS) is 26.5. The largest absolute Gasteiger partial charge is 0.356 e. The van der Waals surface area contributed by atoms with Gasteiger partial charge in [0.1, 0.15) is 0 Å². The third kappa shape index (κ3) is 6.06. The Bertz CT molecular complexity index is 222. The van der Waals surface area contributed by atoms with Crippen LogP contribution in [-0.2, 0) is 4.79 Å². The molecule has 0 spiro atoms. The molecule has 0 aromatic carbocycles. The van der Waals surface area contributed by atoms with Crippen LogP contribution >= 0.6 is 0 Å². The minimum atomic E-state index is 0.198. The first-order chi connectivity index (χ1) is 8.11. The summed E-state index contributed by atoms with van der Waals surface area (Å²) in [5.74, 6) is 2.25. The first-order valence-electron chi connectivity index (χ1n) is 7.08. The maximum atomic E-state index is 11.6. The molecule has 1 atom stereocenters. The molecule has 0 saturated heterocycles. The summed E-state index contributed by atoms with van der Waals surface area (Å²) < 4.78 is 0. The predicted molar refractivity (Wildman–Crippen MR) is 71.6 cm³/mol. The van der Waals surface area contributed by atoms with Crippen LogP contribution in [0.2, 0.25) is 0 Å². The van der Waals surface area contributed by atoms with Crippen LogP contribution in [0.25, 0.3) is 0 Å². The first kappa shape index (κ1) is 14.5. The predicted octanol–water partition coefficient (Wildman–Crippen LogP) is 2.30. The van der Waals surface area contributed by atoms with E-state index in [0.717, 1.165) is 18.9 Å². The maximum Gasteiger partial charge on any atom is 0.220 e. The molecule has 3 heteroatoms. The van der Waals surface area contributed by atoms with Crippen molar-refractivity contribution in [1.82, 2.24) is 5.32 Å². The fourth-order valence-corrected chi connectivity index (χ4v) is 2.38. The van der Waals surface area contributed by atoms with Crippen LogP contribution in [0.5, 0.6) is 0 Å². The number of nitrogens with one attached hydrogen (secondary N) is 1. The number of carbonyl (C=O) groups excluding carboxylic acids is 1. The Kier molecular flexibility index (Phi) is 6.56. The van der Waals surface area contributed by atoms with Crippen LogP contribution in [0.3, 0.4) is 0 Å². The maximum absolute atomic E-state index is 11.6. The number of hydrogen-bond acceptors (Lipinski definition) is 2. The van der Waals surface area contributed by atoms with E-state index in [9.17, 15) is 4.79 Å². The molecule has 1 fully saturated rings. The summed E-state index contributed by atoms with van der Waals surface area (Å²) in [6, 6.07) is 0. The zero-order valence-corrected chi connectivity index (χ0v) is 11.4. The molecule has 0 aliphatic heterocycles. The number of rotatable bonds is 6. The lowest BCUT2D eigenvalue weighted by Gasteiger charge is -2.26. The van der Waals surface area contributed by atoms with Gasteiger partial charge in [-0.15, -0.1) is 0 Å². The number of amides is 1. The summed E-state index contributed by atoms with van der Waals surface area (Å²) in [6.07, 6.45) is 6.74. The molecule has 1 aliphatic rings. The fraction of sp³-hybridized carbons (Fsp3) is 0.929. The molecule has 1 amide bonds. The van der Waals surface area contributed by atoms with Crippen molar-refractivity contribution in [2.24, 2.45) is 23.5 Å². The molecule has 1 unspecified atom stereocenters. The fourth-order valence-electron chi connectivity index (χ4n) is 2.38.